The Balaban J connectivity index is 1.93. The average molecular weight is 328 g/mol. The maximum atomic E-state index is 12.3. The van der Waals surface area contributed by atoms with Crippen LogP contribution in [-0.4, -0.2) is 21.1 Å². The lowest BCUT2D eigenvalue weighted by Crippen LogP contribution is -2.22. The number of hydrogen-bond donors (Lipinski definition) is 0. The Morgan fingerprint density at radius 1 is 1.17 bits per heavy atom. The number of imidazole rings is 1. The number of carbonyl (C=O) groups is 1. The topological polar surface area (TPSA) is 34.9 Å². The first kappa shape index (κ1) is 16.3. The third-order valence-corrected chi connectivity index (χ3v) is 5.22. The van der Waals surface area contributed by atoms with Crippen molar-refractivity contribution in [1.29, 1.82) is 0 Å². The molecule has 0 spiro atoms. The first-order valence-electron chi connectivity index (χ1n) is 8.29. The summed E-state index contributed by atoms with van der Waals surface area (Å²) in [6.45, 7) is 5.93. The van der Waals surface area contributed by atoms with Crippen molar-refractivity contribution in [2.75, 3.05) is 5.75 Å². The van der Waals surface area contributed by atoms with E-state index in [0.717, 1.165) is 23.7 Å². The van der Waals surface area contributed by atoms with Gasteiger partial charge in [-0.05, 0) is 37.8 Å². The van der Waals surface area contributed by atoms with Crippen LogP contribution in [0.15, 0.2) is 35.5 Å². The molecule has 0 fully saturated rings. The highest BCUT2D eigenvalue weighted by Gasteiger charge is 2.25. The molecule has 3 nitrogen and oxygen atoms in total. The maximum Gasteiger partial charge on any atom is 0.173 e. The third kappa shape index (κ3) is 3.52. The smallest absolute Gasteiger partial charge is 0.173 e. The second-order valence-electron chi connectivity index (χ2n) is 7.13. The summed E-state index contributed by atoms with van der Waals surface area (Å²) in [6, 6.07) is 10.4. The zero-order chi connectivity index (χ0) is 16.4. The molecule has 4 heteroatoms. The number of fused-ring (bicyclic) bond motifs is 1. The van der Waals surface area contributed by atoms with Gasteiger partial charge in [0, 0.05) is 16.8 Å². The molecule has 0 bridgehead atoms. The highest BCUT2D eigenvalue weighted by molar-refractivity contribution is 7.99. The molecule has 1 aliphatic carbocycles. The summed E-state index contributed by atoms with van der Waals surface area (Å²) in [5, 5.41) is 0.959. The first-order valence-corrected chi connectivity index (χ1v) is 9.27. The van der Waals surface area contributed by atoms with Crippen molar-refractivity contribution in [3.8, 4) is 5.69 Å². The van der Waals surface area contributed by atoms with Crippen LogP contribution in [0.2, 0.25) is 0 Å². The number of aromatic nitrogens is 2. The van der Waals surface area contributed by atoms with Crippen LogP contribution in [0.3, 0.4) is 0 Å². The summed E-state index contributed by atoms with van der Waals surface area (Å²) in [5.74, 6) is 0.745. The van der Waals surface area contributed by atoms with Crippen molar-refractivity contribution < 1.29 is 4.79 Å². The first-order chi connectivity index (χ1) is 11.0. The van der Waals surface area contributed by atoms with Crippen LogP contribution in [-0.2, 0) is 17.6 Å². The van der Waals surface area contributed by atoms with E-state index in [2.05, 4.69) is 28.8 Å². The Morgan fingerprint density at radius 3 is 2.57 bits per heavy atom. The van der Waals surface area contributed by atoms with Gasteiger partial charge >= 0.3 is 0 Å². The van der Waals surface area contributed by atoms with Gasteiger partial charge in [-0.25, -0.2) is 4.98 Å². The normalized spacial score (nSPS) is 14.6. The molecular formula is C19H24N2OS. The molecule has 1 aliphatic rings. The lowest BCUT2D eigenvalue weighted by atomic mass is 9.92. The van der Waals surface area contributed by atoms with Crippen LogP contribution in [0, 0.1) is 5.41 Å². The number of para-hydroxylation sites is 1. The molecule has 0 atom stereocenters. The van der Waals surface area contributed by atoms with Crippen LogP contribution in [0.25, 0.3) is 5.69 Å². The van der Waals surface area contributed by atoms with Crippen LogP contribution in [0.1, 0.15) is 45.0 Å². The summed E-state index contributed by atoms with van der Waals surface area (Å²) in [6.07, 6.45) is 4.56. The summed E-state index contributed by atoms with van der Waals surface area (Å²) in [4.78, 5) is 17.1. The molecule has 3 rings (SSSR count). The van der Waals surface area contributed by atoms with Gasteiger partial charge in [0.1, 0.15) is 5.78 Å². The summed E-state index contributed by atoms with van der Waals surface area (Å²) >= 11 is 1.57. The molecule has 0 N–H and O–H groups in total. The lowest BCUT2D eigenvalue weighted by molar-refractivity contribution is -0.123. The molecule has 1 aromatic heterocycles. The summed E-state index contributed by atoms with van der Waals surface area (Å²) in [7, 11) is 0. The van der Waals surface area contributed by atoms with Gasteiger partial charge in [0.2, 0.25) is 0 Å². The lowest BCUT2D eigenvalue weighted by Gasteiger charge is -2.17. The number of carbonyl (C=O) groups excluding carboxylic acids is 1. The van der Waals surface area contributed by atoms with Gasteiger partial charge in [-0.15, -0.1) is 0 Å². The minimum Gasteiger partial charge on any atom is -0.298 e. The predicted molar refractivity (Wildman–Crippen MR) is 95.4 cm³/mol. The van der Waals surface area contributed by atoms with Gasteiger partial charge in [-0.3, -0.25) is 9.36 Å². The molecule has 0 saturated carbocycles. The molecule has 0 unspecified atom stereocenters. The Kier molecular flexibility index (Phi) is 4.62. The zero-order valence-electron chi connectivity index (χ0n) is 14.1. The predicted octanol–water partition coefficient (Wildman–Crippen LogP) is 4.46. The Bertz CT molecular complexity index is 698. The van der Waals surface area contributed by atoms with Crippen LogP contribution >= 0.6 is 11.8 Å². The van der Waals surface area contributed by atoms with Crippen molar-refractivity contribution in [2.24, 2.45) is 5.41 Å². The van der Waals surface area contributed by atoms with Crippen LogP contribution < -0.4 is 0 Å². The zero-order valence-corrected chi connectivity index (χ0v) is 14.9. The van der Waals surface area contributed by atoms with Gasteiger partial charge in [-0.2, -0.15) is 0 Å². The van der Waals surface area contributed by atoms with E-state index < -0.39 is 0 Å². The molecule has 1 aromatic carbocycles. The monoisotopic (exact) mass is 328 g/mol. The fourth-order valence-corrected chi connectivity index (χ4v) is 4.02. The second-order valence-corrected chi connectivity index (χ2v) is 8.07. The number of ketones is 1. The van der Waals surface area contributed by atoms with E-state index in [-0.39, 0.29) is 11.2 Å². The van der Waals surface area contributed by atoms with E-state index in [1.807, 2.05) is 26.8 Å². The highest BCUT2D eigenvalue weighted by Crippen LogP contribution is 2.31. The summed E-state index contributed by atoms with van der Waals surface area (Å²) < 4.78 is 2.26. The van der Waals surface area contributed by atoms with Crippen molar-refractivity contribution >= 4 is 17.5 Å². The van der Waals surface area contributed by atoms with E-state index in [0.29, 0.717) is 5.75 Å². The maximum absolute atomic E-state index is 12.3. The van der Waals surface area contributed by atoms with Crippen molar-refractivity contribution in [3.05, 3.63) is 41.7 Å². The average Bonchev–Trinajstić information content (AvgIpc) is 2.90. The Hall–Kier alpha value is -1.55. The van der Waals surface area contributed by atoms with Crippen LogP contribution in [0.5, 0.6) is 0 Å². The van der Waals surface area contributed by atoms with Gasteiger partial charge in [-0.1, -0.05) is 50.7 Å². The molecule has 1 heterocycles. The molecule has 2 aromatic rings. The van der Waals surface area contributed by atoms with Gasteiger partial charge in [0.25, 0.3) is 0 Å². The molecule has 23 heavy (non-hydrogen) atoms. The molecule has 0 saturated heterocycles. The standard InChI is InChI=1S/C19H24N2OS/c1-19(2,3)17(22)13-23-18-20-15-11-7-8-12-16(15)21(18)14-9-5-4-6-10-14/h4-6,9-10H,7-8,11-13H2,1-3H3. The largest absolute Gasteiger partial charge is 0.298 e. The minimum atomic E-state index is -0.295. The molecule has 0 radical (unpaired) electrons. The quantitative estimate of drug-likeness (QED) is 0.777. The summed E-state index contributed by atoms with van der Waals surface area (Å²) in [5.41, 5.74) is 3.39. The van der Waals surface area contributed by atoms with Gasteiger partial charge in [0.05, 0.1) is 11.4 Å². The number of hydrogen-bond acceptors (Lipinski definition) is 3. The Labute approximate surface area is 142 Å². The van der Waals surface area contributed by atoms with Crippen molar-refractivity contribution in [1.82, 2.24) is 9.55 Å². The fourth-order valence-electron chi connectivity index (χ4n) is 2.80. The van der Waals surface area contributed by atoms with E-state index in [4.69, 9.17) is 4.98 Å². The van der Waals surface area contributed by atoms with Crippen molar-refractivity contribution in [2.45, 2.75) is 51.6 Å². The van der Waals surface area contributed by atoms with E-state index in [9.17, 15) is 4.79 Å². The Morgan fingerprint density at radius 2 is 1.87 bits per heavy atom. The SMILES string of the molecule is CC(C)(C)C(=O)CSc1nc2c(n1-c1ccccc1)CCCC2. The van der Waals surface area contributed by atoms with Crippen molar-refractivity contribution in [3.63, 3.8) is 0 Å². The number of aryl methyl sites for hydroxylation is 1. The van der Waals surface area contributed by atoms with E-state index in [1.165, 1.54) is 24.2 Å². The highest BCUT2D eigenvalue weighted by atomic mass is 32.2. The second kappa shape index (κ2) is 6.52. The number of nitrogens with zero attached hydrogens (tertiary/aromatic N) is 2. The molecule has 0 aliphatic heterocycles. The third-order valence-electron chi connectivity index (χ3n) is 4.29. The molecule has 122 valence electrons. The number of Topliss-reactive ketones (excluding diaryl/α,β-unsaturated/α-hetero) is 1. The fraction of sp³-hybridized carbons (Fsp3) is 0.474. The molecule has 0 amide bonds. The van der Waals surface area contributed by atoms with Crippen LogP contribution in [0.4, 0.5) is 0 Å². The van der Waals surface area contributed by atoms with E-state index >= 15 is 0 Å². The number of thioether (sulfide) groups is 1. The number of benzene rings is 1. The van der Waals surface area contributed by atoms with Gasteiger partial charge < -0.3 is 0 Å². The van der Waals surface area contributed by atoms with Gasteiger partial charge in [0.15, 0.2) is 5.16 Å². The van der Waals surface area contributed by atoms with E-state index in [1.54, 1.807) is 11.8 Å². The molecular weight excluding hydrogens is 304 g/mol. The number of rotatable bonds is 4. The minimum absolute atomic E-state index is 0.267.